The van der Waals surface area contributed by atoms with Crippen LogP contribution in [0, 0.1) is 5.92 Å². The van der Waals surface area contributed by atoms with Crippen LogP contribution in [-0.4, -0.2) is 42.5 Å². The van der Waals surface area contributed by atoms with E-state index in [-0.39, 0.29) is 24.3 Å². The first-order chi connectivity index (χ1) is 9.81. The van der Waals surface area contributed by atoms with E-state index < -0.39 is 5.60 Å². The summed E-state index contributed by atoms with van der Waals surface area (Å²) >= 11 is 0. The molecule has 122 valence electrons. The molecule has 0 spiro atoms. The van der Waals surface area contributed by atoms with Crippen molar-refractivity contribution in [2.45, 2.75) is 83.7 Å². The Morgan fingerprint density at radius 1 is 1.38 bits per heavy atom. The van der Waals surface area contributed by atoms with E-state index in [1.807, 2.05) is 20.8 Å². The molecule has 5 atom stereocenters. The predicted octanol–water partition coefficient (Wildman–Crippen LogP) is 2.45. The zero-order valence-corrected chi connectivity index (χ0v) is 13.9. The summed E-state index contributed by atoms with van der Waals surface area (Å²) in [5, 5.41) is 6.64. The van der Waals surface area contributed by atoms with Crippen LogP contribution in [-0.2, 0) is 9.47 Å². The Hall–Kier alpha value is -0.810. The molecule has 1 saturated heterocycles. The summed E-state index contributed by atoms with van der Waals surface area (Å²) in [7, 11) is 0. The van der Waals surface area contributed by atoms with Gasteiger partial charge in [-0.05, 0) is 47.0 Å². The van der Waals surface area contributed by atoms with E-state index in [0.29, 0.717) is 12.0 Å². The average molecular weight is 298 g/mol. The van der Waals surface area contributed by atoms with Crippen molar-refractivity contribution in [1.82, 2.24) is 10.6 Å². The van der Waals surface area contributed by atoms with Gasteiger partial charge in [0.25, 0.3) is 0 Å². The molecule has 5 heteroatoms. The highest BCUT2D eigenvalue weighted by Gasteiger charge is 2.53. The topological polar surface area (TPSA) is 59.6 Å². The first-order valence-electron chi connectivity index (χ1n) is 8.19. The van der Waals surface area contributed by atoms with Gasteiger partial charge in [0, 0.05) is 18.6 Å². The van der Waals surface area contributed by atoms with Gasteiger partial charge >= 0.3 is 6.09 Å². The predicted molar refractivity (Wildman–Crippen MR) is 82.3 cm³/mol. The second kappa shape index (κ2) is 6.53. The SMILES string of the molecule is CCC(C)NC1C(NC(=O)OC(C)(C)C)C2CCCOC21. The van der Waals surface area contributed by atoms with Gasteiger partial charge in [-0.3, -0.25) is 0 Å². The van der Waals surface area contributed by atoms with E-state index in [0.717, 1.165) is 25.9 Å². The summed E-state index contributed by atoms with van der Waals surface area (Å²) in [6.07, 6.45) is 3.15. The smallest absolute Gasteiger partial charge is 0.407 e. The number of hydrogen-bond donors (Lipinski definition) is 2. The number of amides is 1. The van der Waals surface area contributed by atoms with Crippen molar-refractivity contribution in [1.29, 1.82) is 0 Å². The average Bonchev–Trinajstić information content (AvgIpc) is 2.40. The summed E-state index contributed by atoms with van der Waals surface area (Å²) in [6.45, 7) is 10.8. The van der Waals surface area contributed by atoms with Crippen molar-refractivity contribution in [3.63, 3.8) is 0 Å². The molecule has 0 aromatic carbocycles. The molecular weight excluding hydrogens is 268 g/mol. The molecule has 2 aliphatic rings. The molecule has 2 rings (SSSR count). The number of rotatable bonds is 4. The molecule has 0 aromatic rings. The molecule has 1 amide bonds. The molecule has 0 bridgehead atoms. The van der Waals surface area contributed by atoms with Gasteiger partial charge in [-0.2, -0.15) is 0 Å². The first kappa shape index (κ1) is 16.6. The van der Waals surface area contributed by atoms with Crippen LogP contribution in [0.3, 0.4) is 0 Å². The van der Waals surface area contributed by atoms with Crippen LogP contribution >= 0.6 is 0 Å². The lowest BCUT2D eigenvalue weighted by Gasteiger charge is -2.54. The highest BCUT2D eigenvalue weighted by Crippen LogP contribution is 2.38. The van der Waals surface area contributed by atoms with Gasteiger partial charge in [-0.25, -0.2) is 4.79 Å². The van der Waals surface area contributed by atoms with Gasteiger partial charge in [-0.1, -0.05) is 6.92 Å². The Morgan fingerprint density at radius 3 is 2.71 bits per heavy atom. The maximum Gasteiger partial charge on any atom is 0.407 e. The Bertz CT molecular complexity index is 367. The molecule has 5 unspecified atom stereocenters. The van der Waals surface area contributed by atoms with E-state index in [1.54, 1.807) is 0 Å². The van der Waals surface area contributed by atoms with Crippen LogP contribution in [0.1, 0.15) is 53.9 Å². The van der Waals surface area contributed by atoms with Crippen molar-refractivity contribution in [2.75, 3.05) is 6.61 Å². The quantitative estimate of drug-likeness (QED) is 0.837. The fraction of sp³-hybridized carbons (Fsp3) is 0.938. The van der Waals surface area contributed by atoms with Crippen LogP contribution in [0.5, 0.6) is 0 Å². The second-order valence-electron chi connectivity index (χ2n) is 7.32. The Kier molecular flexibility index (Phi) is 5.15. The first-order valence-corrected chi connectivity index (χ1v) is 8.19. The number of carbonyl (C=O) groups is 1. The molecule has 2 fully saturated rings. The molecule has 1 aliphatic carbocycles. The molecule has 1 heterocycles. The standard InChI is InChI=1S/C16H30N2O3/c1-6-10(2)17-13-12(11-8-7-9-20-14(11)13)18-15(19)21-16(3,4)5/h10-14,17H,6-9H2,1-5H3,(H,18,19). The van der Waals surface area contributed by atoms with Crippen molar-refractivity contribution >= 4 is 6.09 Å². The van der Waals surface area contributed by atoms with Crippen LogP contribution in [0.25, 0.3) is 0 Å². The molecule has 2 N–H and O–H groups in total. The number of hydrogen-bond acceptors (Lipinski definition) is 4. The van der Waals surface area contributed by atoms with Crippen LogP contribution in [0.2, 0.25) is 0 Å². The number of alkyl carbamates (subject to hydrolysis) is 1. The highest BCUT2D eigenvalue weighted by atomic mass is 16.6. The fourth-order valence-electron chi connectivity index (χ4n) is 3.19. The second-order valence-corrected chi connectivity index (χ2v) is 7.32. The monoisotopic (exact) mass is 298 g/mol. The van der Waals surface area contributed by atoms with Gasteiger partial charge < -0.3 is 20.1 Å². The Morgan fingerprint density at radius 2 is 2.10 bits per heavy atom. The van der Waals surface area contributed by atoms with Crippen molar-refractivity contribution < 1.29 is 14.3 Å². The van der Waals surface area contributed by atoms with Gasteiger partial charge in [0.05, 0.1) is 18.2 Å². The molecule has 0 aromatic heterocycles. The summed E-state index contributed by atoms with van der Waals surface area (Å²) in [6, 6.07) is 0.723. The van der Waals surface area contributed by atoms with E-state index >= 15 is 0 Å². The van der Waals surface area contributed by atoms with Gasteiger partial charge in [0.1, 0.15) is 5.60 Å². The number of nitrogens with one attached hydrogen (secondary N) is 2. The van der Waals surface area contributed by atoms with E-state index in [1.165, 1.54) is 0 Å². The Balaban J connectivity index is 1.95. The summed E-state index contributed by atoms with van der Waals surface area (Å²) in [5.74, 6) is 0.410. The molecule has 0 radical (unpaired) electrons. The van der Waals surface area contributed by atoms with Crippen molar-refractivity contribution in [3.8, 4) is 0 Å². The van der Waals surface area contributed by atoms with Crippen LogP contribution in [0.4, 0.5) is 4.79 Å². The van der Waals surface area contributed by atoms with E-state index in [4.69, 9.17) is 9.47 Å². The molecule has 21 heavy (non-hydrogen) atoms. The largest absolute Gasteiger partial charge is 0.444 e. The van der Waals surface area contributed by atoms with Gasteiger partial charge in [0.15, 0.2) is 0 Å². The minimum Gasteiger partial charge on any atom is -0.444 e. The maximum atomic E-state index is 12.0. The summed E-state index contributed by atoms with van der Waals surface area (Å²) < 4.78 is 11.3. The lowest BCUT2D eigenvalue weighted by molar-refractivity contribution is -0.130. The number of fused-ring (bicyclic) bond motifs is 1. The Labute approximate surface area is 128 Å². The zero-order chi connectivity index (χ0) is 15.6. The minimum atomic E-state index is -0.462. The van der Waals surface area contributed by atoms with Crippen LogP contribution in [0.15, 0.2) is 0 Å². The zero-order valence-electron chi connectivity index (χ0n) is 13.9. The van der Waals surface area contributed by atoms with Crippen molar-refractivity contribution in [3.05, 3.63) is 0 Å². The maximum absolute atomic E-state index is 12.0. The normalized spacial score (nSPS) is 33.6. The lowest BCUT2D eigenvalue weighted by Crippen LogP contribution is -2.74. The highest BCUT2D eigenvalue weighted by molar-refractivity contribution is 5.68. The number of carbonyl (C=O) groups excluding carboxylic acids is 1. The molecular formula is C16H30N2O3. The third-order valence-corrected chi connectivity index (χ3v) is 4.39. The summed E-state index contributed by atoms with van der Waals surface area (Å²) in [4.78, 5) is 12.0. The number of ether oxygens (including phenoxy) is 2. The van der Waals surface area contributed by atoms with Crippen LogP contribution < -0.4 is 10.6 Å². The third kappa shape index (κ3) is 4.10. The fourth-order valence-corrected chi connectivity index (χ4v) is 3.19. The third-order valence-electron chi connectivity index (χ3n) is 4.39. The van der Waals surface area contributed by atoms with Gasteiger partial charge in [0.2, 0.25) is 0 Å². The van der Waals surface area contributed by atoms with E-state index in [9.17, 15) is 4.79 Å². The lowest BCUT2D eigenvalue weighted by atomic mass is 9.68. The molecule has 1 saturated carbocycles. The van der Waals surface area contributed by atoms with Crippen molar-refractivity contribution in [2.24, 2.45) is 5.92 Å². The molecule has 5 nitrogen and oxygen atoms in total. The summed E-state index contributed by atoms with van der Waals surface area (Å²) in [5.41, 5.74) is -0.462. The minimum absolute atomic E-state index is 0.110. The van der Waals surface area contributed by atoms with E-state index in [2.05, 4.69) is 24.5 Å². The van der Waals surface area contributed by atoms with Gasteiger partial charge in [-0.15, -0.1) is 0 Å². The molecule has 1 aliphatic heterocycles.